The number of hydrogen-bond acceptors (Lipinski definition) is 0. The third-order valence-electron chi connectivity index (χ3n) is 12.5. The van der Waals surface area contributed by atoms with Crippen molar-refractivity contribution in [1.82, 2.24) is 0 Å². The molecule has 0 aromatic carbocycles. The van der Waals surface area contributed by atoms with Crippen LogP contribution in [0.25, 0.3) is 0 Å². The summed E-state index contributed by atoms with van der Waals surface area (Å²) in [6.07, 6.45) is 18.3. The van der Waals surface area contributed by atoms with E-state index in [1.165, 1.54) is 57.8 Å². The lowest BCUT2D eigenvalue weighted by atomic mass is 9.33. The monoisotopic (exact) mass is 370 g/mol. The maximum absolute atomic E-state index is 2.80. The normalized spacial score (nSPS) is 59.3. The maximum atomic E-state index is 2.80. The fraction of sp³-hybridized carbons (Fsp3) is 1.00. The van der Waals surface area contributed by atoms with E-state index < -0.39 is 0 Å². The van der Waals surface area contributed by atoms with E-state index in [0.717, 1.165) is 23.7 Å². The molecule has 0 spiro atoms. The van der Waals surface area contributed by atoms with Crippen molar-refractivity contribution in [2.75, 3.05) is 0 Å². The van der Waals surface area contributed by atoms with Crippen molar-refractivity contribution >= 4 is 0 Å². The molecule has 0 bridgehead atoms. The van der Waals surface area contributed by atoms with Crippen LogP contribution in [0, 0.1) is 50.7 Å². The van der Waals surface area contributed by atoms with Crippen LogP contribution in [-0.2, 0) is 0 Å². The van der Waals surface area contributed by atoms with Crippen LogP contribution < -0.4 is 0 Å². The Morgan fingerprint density at radius 1 is 0.519 bits per heavy atom. The van der Waals surface area contributed by atoms with Gasteiger partial charge in [0, 0.05) is 0 Å². The molecular weight excluding hydrogens is 324 g/mol. The van der Waals surface area contributed by atoms with Gasteiger partial charge in [0.2, 0.25) is 0 Å². The Morgan fingerprint density at radius 3 is 2.07 bits per heavy atom. The van der Waals surface area contributed by atoms with Gasteiger partial charge in [0.15, 0.2) is 0 Å². The minimum atomic E-state index is 0.572. The van der Waals surface area contributed by atoms with Crippen LogP contribution in [0.3, 0.4) is 0 Å². The first kappa shape index (κ1) is 19.0. The van der Waals surface area contributed by atoms with Crippen molar-refractivity contribution in [3.63, 3.8) is 0 Å². The maximum Gasteiger partial charge on any atom is -0.0235 e. The van der Waals surface area contributed by atoms with Crippen molar-refractivity contribution < 1.29 is 0 Å². The van der Waals surface area contributed by atoms with Gasteiger partial charge in [0.1, 0.15) is 0 Å². The predicted octanol–water partition coefficient (Wildman–Crippen LogP) is 8.25. The highest BCUT2D eigenvalue weighted by Crippen LogP contribution is 2.76. The van der Waals surface area contributed by atoms with Gasteiger partial charge in [0.05, 0.1) is 0 Å². The highest BCUT2D eigenvalue weighted by molar-refractivity contribution is 5.17. The molecule has 0 nitrogen and oxygen atoms in total. The zero-order valence-corrected chi connectivity index (χ0v) is 19.3. The van der Waals surface area contributed by atoms with Crippen molar-refractivity contribution in [1.29, 1.82) is 0 Å². The lowest BCUT2D eigenvalue weighted by Gasteiger charge is -2.72. The molecule has 0 saturated heterocycles. The van der Waals surface area contributed by atoms with Crippen molar-refractivity contribution in [3.8, 4) is 0 Å². The third-order valence-corrected chi connectivity index (χ3v) is 12.5. The molecule has 0 heteroatoms. The van der Waals surface area contributed by atoms with E-state index in [1.54, 1.807) is 19.3 Å². The SMILES string of the molecule is CC1(C)CCC[C@]2(C)[C@H]3CC[C@@H]4[C@H]5CCC[C@]5(C)CC[C@@]4(C)[C@]3(C)CC[C@@H]12. The van der Waals surface area contributed by atoms with E-state index >= 15 is 0 Å². The molecule has 5 aliphatic carbocycles. The van der Waals surface area contributed by atoms with Gasteiger partial charge < -0.3 is 0 Å². The zero-order valence-electron chi connectivity index (χ0n) is 19.3. The summed E-state index contributed by atoms with van der Waals surface area (Å²) in [4.78, 5) is 0. The smallest absolute Gasteiger partial charge is 0.0235 e. The minimum Gasteiger partial charge on any atom is -0.0596 e. The Bertz CT molecular complexity index is 618. The van der Waals surface area contributed by atoms with Gasteiger partial charge in [-0.25, -0.2) is 0 Å². The molecule has 0 aromatic heterocycles. The molecular formula is C27H46. The fourth-order valence-electron chi connectivity index (χ4n) is 11.0. The molecule has 8 atom stereocenters. The van der Waals surface area contributed by atoms with Gasteiger partial charge in [-0.05, 0) is 115 Å². The van der Waals surface area contributed by atoms with E-state index in [-0.39, 0.29) is 0 Å². The quantitative estimate of drug-likeness (QED) is 0.402. The van der Waals surface area contributed by atoms with E-state index in [1.807, 2.05) is 0 Å². The molecule has 0 unspecified atom stereocenters. The average molecular weight is 371 g/mol. The van der Waals surface area contributed by atoms with Crippen LogP contribution in [-0.4, -0.2) is 0 Å². The lowest BCUT2D eigenvalue weighted by Crippen LogP contribution is -2.64. The minimum absolute atomic E-state index is 0.572. The average Bonchev–Trinajstić information content (AvgIpc) is 2.97. The molecule has 5 fully saturated rings. The molecule has 5 rings (SSSR count). The number of rotatable bonds is 0. The first-order chi connectivity index (χ1) is 12.6. The Kier molecular flexibility index (Phi) is 3.92. The molecule has 0 amide bonds. The first-order valence-corrected chi connectivity index (χ1v) is 12.6. The molecule has 5 saturated carbocycles. The summed E-state index contributed by atoms with van der Waals surface area (Å²) in [5.74, 6) is 4.02. The predicted molar refractivity (Wildman–Crippen MR) is 116 cm³/mol. The van der Waals surface area contributed by atoms with E-state index in [4.69, 9.17) is 0 Å². The Hall–Kier alpha value is 0. The van der Waals surface area contributed by atoms with Gasteiger partial charge in [0.25, 0.3) is 0 Å². The van der Waals surface area contributed by atoms with Crippen molar-refractivity contribution in [2.45, 2.75) is 119 Å². The van der Waals surface area contributed by atoms with Crippen LogP contribution in [0.2, 0.25) is 0 Å². The van der Waals surface area contributed by atoms with E-state index in [2.05, 4.69) is 41.5 Å². The first-order valence-electron chi connectivity index (χ1n) is 12.6. The number of fused-ring (bicyclic) bond motifs is 7. The molecule has 0 heterocycles. The van der Waals surface area contributed by atoms with Crippen LogP contribution >= 0.6 is 0 Å². The van der Waals surface area contributed by atoms with Crippen LogP contribution in [0.15, 0.2) is 0 Å². The summed E-state index contributed by atoms with van der Waals surface area (Å²) < 4.78 is 0. The second-order valence-electron chi connectivity index (χ2n) is 13.7. The molecule has 0 radical (unpaired) electrons. The fourth-order valence-corrected chi connectivity index (χ4v) is 11.0. The van der Waals surface area contributed by atoms with Gasteiger partial charge in [-0.1, -0.05) is 54.4 Å². The lowest BCUT2D eigenvalue weighted by molar-refractivity contribution is -0.232. The summed E-state index contributed by atoms with van der Waals surface area (Å²) in [5, 5.41) is 0. The van der Waals surface area contributed by atoms with Crippen LogP contribution in [0.5, 0.6) is 0 Å². The summed E-state index contributed by atoms with van der Waals surface area (Å²) in [5.41, 5.74) is 3.08. The molecule has 5 aliphatic rings. The molecule has 0 aromatic rings. The summed E-state index contributed by atoms with van der Waals surface area (Å²) in [6, 6.07) is 0. The van der Waals surface area contributed by atoms with E-state index in [9.17, 15) is 0 Å². The standard InChI is InChI=1S/C27H46/c1-23(2)13-8-15-25(4)21(23)12-16-27(6)22(25)11-10-20-19-9-7-14-24(19,3)17-18-26(20,27)5/h19-22H,7-18H2,1-6H3/t19-,20-,21+,22-,24-,25+,26-,27-/m1/s1. The van der Waals surface area contributed by atoms with Gasteiger partial charge in [-0.3, -0.25) is 0 Å². The number of hydrogen-bond donors (Lipinski definition) is 0. The van der Waals surface area contributed by atoms with E-state index in [0.29, 0.717) is 27.1 Å². The summed E-state index contributed by atoms with van der Waals surface area (Å²) >= 11 is 0. The highest BCUT2D eigenvalue weighted by Gasteiger charge is 2.68. The molecule has 27 heavy (non-hydrogen) atoms. The largest absolute Gasteiger partial charge is 0.0596 e. The second-order valence-corrected chi connectivity index (χ2v) is 13.7. The van der Waals surface area contributed by atoms with Gasteiger partial charge >= 0.3 is 0 Å². The summed E-state index contributed by atoms with van der Waals surface area (Å²) in [7, 11) is 0. The summed E-state index contributed by atoms with van der Waals surface area (Å²) in [6.45, 7) is 16.2. The Morgan fingerprint density at radius 2 is 1.30 bits per heavy atom. The highest BCUT2D eigenvalue weighted by atomic mass is 14.7. The molecule has 0 N–H and O–H groups in total. The van der Waals surface area contributed by atoms with Crippen LogP contribution in [0.4, 0.5) is 0 Å². The Labute approximate surface area is 169 Å². The van der Waals surface area contributed by atoms with Gasteiger partial charge in [-0.15, -0.1) is 0 Å². The molecule has 0 aliphatic heterocycles. The third kappa shape index (κ3) is 2.23. The van der Waals surface area contributed by atoms with Crippen LogP contribution in [0.1, 0.15) is 119 Å². The van der Waals surface area contributed by atoms with Crippen molar-refractivity contribution in [3.05, 3.63) is 0 Å². The van der Waals surface area contributed by atoms with Crippen molar-refractivity contribution in [2.24, 2.45) is 50.7 Å². The Balaban J connectivity index is 1.54. The molecule has 154 valence electrons. The van der Waals surface area contributed by atoms with Gasteiger partial charge in [-0.2, -0.15) is 0 Å². The topological polar surface area (TPSA) is 0 Å². The second kappa shape index (κ2) is 5.57. The zero-order chi connectivity index (χ0) is 19.3.